The Balaban J connectivity index is 2.21. The van der Waals surface area contributed by atoms with Gasteiger partial charge in [0.05, 0.1) is 11.7 Å². The molecule has 4 nitrogen and oxygen atoms in total. The molecule has 1 aromatic carbocycles. The molecule has 2 aromatic heterocycles. The lowest BCUT2D eigenvalue weighted by Crippen LogP contribution is -2.05. The number of nitrogens with zero attached hydrogens (tertiary/aromatic N) is 3. The lowest BCUT2D eigenvalue weighted by Gasteiger charge is -2.05. The van der Waals surface area contributed by atoms with Crippen LogP contribution in [0.5, 0.6) is 0 Å². The number of carbonyl (C=O) groups is 1. The van der Waals surface area contributed by atoms with Gasteiger partial charge in [0.1, 0.15) is 11.3 Å². The van der Waals surface area contributed by atoms with Crippen molar-refractivity contribution in [1.82, 2.24) is 14.3 Å². The predicted octanol–water partition coefficient (Wildman–Crippen LogP) is 2.75. The van der Waals surface area contributed by atoms with Crippen LogP contribution in [0.25, 0.3) is 16.6 Å². The highest BCUT2D eigenvalue weighted by atomic mass is 16.1. The highest BCUT2D eigenvalue weighted by molar-refractivity contribution is 6.04. The van der Waals surface area contributed by atoms with E-state index in [1.54, 1.807) is 18.5 Å². The van der Waals surface area contributed by atoms with E-state index in [2.05, 4.69) is 4.98 Å². The Morgan fingerprint density at radius 1 is 1.20 bits per heavy atom. The molecule has 0 N–H and O–H groups in total. The lowest BCUT2D eigenvalue weighted by molar-refractivity contribution is 0.104. The molecule has 0 aliphatic heterocycles. The second-order valence-electron chi connectivity index (χ2n) is 4.87. The lowest BCUT2D eigenvalue weighted by atomic mass is 10.2. The third-order valence-corrected chi connectivity index (χ3v) is 3.16. The zero-order valence-corrected chi connectivity index (χ0v) is 11.4. The standard InChI is InChI=1S/C16H15N3O/c1-18(2)10-9-15(20)14-11-17-16-8-7-12-5-3-4-6-13(12)19(14)16/h3-11H,1-2H3. The van der Waals surface area contributed by atoms with E-state index in [1.165, 1.54) is 0 Å². The van der Waals surface area contributed by atoms with Crippen LogP contribution < -0.4 is 0 Å². The van der Waals surface area contributed by atoms with Crippen molar-refractivity contribution in [3.8, 4) is 0 Å². The van der Waals surface area contributed by atoms with Crippen LogP contribution in [0.2, 0.25) is 0 Å². The van der Waals surface area contributed by atoms with E-state index in [1.807, 2.05) is 59.8 Å². The normalized spacial score (nSPS) is 11.5. The summed E-state index contributed by atoms with van der Waals surface area (Å²) in [7, 11) is 3.77. The molecule has 2 heterocycles. The Hall–Kier alpha value is -2.62. The van der Waals surface area contributed by atoms with Crippen molar-refractivity contribution >= 4 is 22.3 Å². The average Bonchev–Trinajstić information content (AvgIpc) is 2.89. The maximum Gasteiger partial charge on any atom is 0.205 e. The molecule has 0 atom stereocenters. The number of pyridine rings is 1. The number of imidazole rings is 1. The molecule has 0 amide bonds. The molecule has 0 fully saturated rings. The van der Waals surface area contributed by atoms with Gasteiger partial charge in [-0.05, 0) is 23.6 Å². The zero-order chi connectivity index (χ0) is 14.1. The minimum absolute atomic E-state index is 0.0532. The zero-order valence-electron chi connectivity index (χ0n) is 11.4. The summed E-state index contributed by atoms with van der Waals surface area (Å²) in [6, 6.07) is 11.9. The van der Waals surface area contributed by atoms with Crippen molar-refractivity contribution in [3.63, 3.8) is 0 Å². The van der Waals surface area contributed by atoms with Crippen molar-refractivity contribution in [3.05, 3.63) is 60.6 Å². The second kappa shape index (κ2) is 4.81. The summed E-state index contributed by atoms with van der Waals surface area (Å²) < 4.78 is 1.90. The summed E-state index contributed by atoms with van der Waals surface area (Å²) in [4.78, 5) is 18.4. The third kappa shape index (κ3) is 2.05. The Morgan fingerprint density at radius 3 is 2.80 bits per heavy atom. The molecule has 0 spiro atoms. The predicted molar refractivity (Wildman–Crippen MR) is 79.9 cm³/mol. The largest absolute Gasteiger partial charge is 0.383 e. The number of hydrogen-bond acceptors (Lipinski definition) is 3. The first-order chi connectivity index (χ1) is 9.66. The van der Waals surface area contributed by atoms with E-state index >= 15 is 0 Å². The molecular formula is C16H15N3O. The van der Waals surface area contributed by atoms with Gasteiger partial charge in [-0.25, -0.2) is 4.98 Å². The molecule has 4 heteroatoms. The molecule has 0 aliphatic carbocycles. The van der Waals surface area contributed by atoms with Crippen LogP contribution in [-0.4, -0.2) is 34.2 Å². The van der Waals surface area contributed by atoms with E-state index in [9.17, 15) is 4.79 Å². The number of fused-ring (bicyclic) bond motifs is 3. The maximum atomic E-state index is 12.3. The number of para-hydroxylation sites is 1. The Labute approximate surface area is 117 Å². The fraction of sp³-hybridized carbons (Fsp3) is 0.125. The third-order valence-electron chi connectivity index (χ3n) is 3.16. The fourth-order valence-corrected chi connectivity index (χ4v) is 2.21. The van der Waals surface area contributed by atoms with Crippen molar-refractivity contribution in [2.75, 3.05) is 14.1 Å². The SMILES string of the molecule is CN(C)C=CC(=O)c1cnc2ccc3ccccc3n12. The van der Waals surface area contributed by atoms with E-state index < -0.39 is 0 Å². The molecular weight excluding hydrogens is 250 g/mol. The molecule has 0 radical (unpaired) electrons. The van der Waals surface area contributed by atoms with Gasteiger partial charge in [0, 0.05) is 26.4 Å². The Bertz CT molecular complexity index is 815. The number of rotatable bonds is 3. The molecule has 0 saturated heterocycles. The first kappa shape index (κ1) is 12.4. The van der Waals surface area contributed by atoms with Crippen LogP contribution in [0.3, 0.4) is 0 Å². The summed E-state index contributed by atoms with van der Waals surface area (Å²) in [6.07, 6.45) is 4.93. The minimum Gasteiger partial charge on any atom is -0.383 e. The van der Waals surface area contributed by atoms with Crippen LogP contribution in [0.1, 0.15) is 10.5 Å². The topological polar surface area (TPSA) is 37.6 Å². The van der Waals surface area contributed by atoms with Gasteiger partial charge >= 0.3 is 0 Å². The van der Waals surface area contributed by atoms with Gasteiger partial charge in [-0.15, -0.1) is 0 Å². The van der Waals surface area contributed by atoms with Crippen LogP contribution in [0.15, 0.2) is 54.9 Å². The van der Waals surface area contributed by atoms with Crippen molar-refractivity contribution in [1.29, 1.82) is 0 Å². The molecule has 3 rings (SSSR count). The molecule has 0 bridgehead atoms. The van der Waals surface area contributed by atoms with Gasteiger partial charge < -0.3 is 4.90 Å². The molecule has 20 heavy (non-hydrogen) atoms. The molecule has 0 unspecified atom stereocenters. The van der Waals surface area contributed by atoms with Crippen molar-refractivity contribution in [2.24, 2.45) is 0 Å². The molecule has 0 aliphatic rings. The van der Waals surface area contributed by atoms with Gasteiger partial charge in [0.2, 0.25) is 5.78 Å². The highest BCUT2D eigenvalue weighted by Crippen LogP contribution is 2.18. The average molecular weight is 265 g/mol. The number of hydrogen-bond donors (Lipinski definition) is 0. The first-order valence-corrected chi connectivity index (χ1v) is 6.41. The van der Waals surface area contributed by atoms with Gasteiger partial charge in [-0.3, -0.25) is 9.20 Å². The smallest absolute Gasteiger partial charge is 0.205 e. The van der Waals surface area contributed by atoms with Gasteiger partial charge in [-0.2, -0.15) is 0 Å². The Kier molecular flexibility index (Phi) is 2.99. The Morgan fingerprint density at radius 2 is 2.00 bits per heavy atom. The van der Waals surface area contributed by atoms with Crippen LogP contribution in [-0.2, 0) is 0 Å². The molecule has 100 valence electrons. The number of benzene rings is 1. The highest BCUT2D eigenvalue weighted by Gasteiger charge is 2.11. The van der Waals surface area contributed by atoms with Gasteiger partial charge in [0.25, 0.3) is 0 Å². The summed E-state index contributed by atoms with van der Waals surface area (Å²) >= 11 is 0. The summed E-state index contributed by atoms with van der Waals surface area (Å²) in [5, 5.41) is 1.09. The van der Waals surface area contributed by atoms with Crippen molar-refractivity contribution in [2.45, 2.75) is 0 Å². The molecule has 0 saturated carbocycles. The van der Waals surface area contributed by atoms with Gasteiger partial charge in [0.15, 0.2) is 0 Å². The quantitative estimate of drug-likeness (QED) is 0.540. The number of ketones is 1. The van der Waals surface area contributed by atoms with Crippen LogP contribution >= 0.6 is 0 Å². The van der Waals surface area contributed by atoms with Gasteiger partial charge in [-0.1, -0.05) is 18.2 Å². The number of aromatic nitrogens is 2. The minimum atomic E-state index is -0.0532. The van der Waals surface area contributed by atoms with Crippen LogP contribution in [0.4, 0.5) is 0 Å². The summed E-state index contributed by atoms with van der Waals surface area (Å²) in [6.45, 7) is 0. The summed E-state index contributed by atoms with van der Waals surface area (Å²) in [5.74, 6) is -0.0532. The van der Waals surface area contributed by atoms with Crippen LogP contribution in [0, 0.1) is 0 Å². The van der Waals surface area contributed by atoms with Crippen molar-refractivity contribution < 1.29 is 4.79 Å². The monoisotopic (exact) mass is 265 g/mol. The first-order valence-electron chi connectivity index (χ1n) is 6.41. The second-order valence-corrected chi connectivity index (χ2v) is 4.87. The number of allylic oxidation sites excluding steroid dienone is 1. The van der Waals surface area contributed by atoms with E-state index in [4.69, 9.17) is 0 Å². The number of carbonyl (C=O) groups excluding carboxylic acids is 1. The maximum absolute atomic E-state index is 12.3. The summed E-state index contributed by atoms with van der Waals surface area (Å²) in [5.41, 5.74) is 2.35. The van der Waals surface area contributed by atoms with E-state index in [0.29, 0.717) is 5.69 Å². The fourth-order valence-electron chi connectivity index (χ4n) is 2.21. The van der Waals surface area contributed by atoms with E-state index in [-0.39, 0.29) is 5.78 Å². The molecule has 3 aromatic rings. The van der Waals surface area contributed by atoms with E-state index in [0.717, 1.165) is 16.6 Å².